The van der Waals surface area contributed by atoms with Gasteiger partial charge in [-0.1, -0.05) is 25.3 Å². The van der Waals surface area contributed by atoms with Gasteiger partial charge in [0.15, 0.2) is 0 Å². The molecule has 0 aromatic heterocycles. The molecule has 2 fully saturated rings. The van der Waals surface area contributed by atoms with E-state index in [1.165, 1.54) is 11.3 Å². The molecule has 1 aromatic rings. The number of hydrogen-bond donors (Lipinski definition) is 1. The number of carbonyl (C=O) groups is 2. The number of nitrogens with two attached hydrogens (primary N) is 1. The van der Waals surface area contributed by atoms with E-state index < -0.39 is 0 Å². The van der Waals surface area contributed by atoms with Crippen LogP contribution in [0.3, 0.4) is 0 Å². The van der Waals surface area contributed by atoms with E-state index in [0.717, 1.165) is 31.2 Å². The molecule has 0 atom stereocenters. The first-order valence-corrected chi connectivity index (χ1v) is 7.73. The number of anilines is 2. The molecule has 2 aliphatic rings. The third-order valence-corrected chi connectivity index (χ3v) is 5.05. The van der Waals surface area contributed by atoms with Gasteiger partial charge in [0.25, 0.3) is 0 Å². The second-order valence-electron chi connectivity index (χ2n) is 6.53. The first kappa shape index (κ1) is 14.1. The number of nitrogen functional groups attached to an aromatic ring is 1. The molecule has 0 unspecified atom stereocenters. The fourth-order valence-corrected chi connectivity index (χ4v) is 3.81. The second kappa shape index (κ2) is 5.17. The summed E-state index contributed by atoms with van der Waals surface area (Å²) >= 11 is 0. The fraction of sp³-hybridized carbons (Fsp3) is 0.529. The number of carbonyl (C=O) groups excluding carboxylic acids is 2. The lowest BCUT2D eigenvalue weighted by atomic mass is 9.67. The summed E-state index contributed by atoms with van der Waals surface area (Å²) < 4.78 is 0. The molecule has 0 bridgehead atoms. The molecule has 1 heterocycles. The number of hydrogen-bond acceptors (Lipinski definition) is 3. The Morgan fingerprint density at radius 1 is 1.05 bits per heavy atom. The van der Waals surface area contributed by atoms with Crippen LogP contribution in [-0.2, 0) is 9.59 Å². The van der Waals surface area contributed by atoms with E-state index in [9.17, 15) is 9.59 Å². The predicted molar refractivity (Wildman–Crippen MR) is 82.8 cm³/mol. The zero-order valence-electron chi connectivity index (χ0n) is 12.5. The maximum atomic E-state index is 12.6. The molecule has 112 valence electrons. The van der Waals surface area contributed by atoms with Gasteiger partial charge in [-0.15, -0.1) is 0 Å². The molecule has 1 aliphatic heterocycles. The lowest BCUT2D eigenvalue weighted by Crippen LogP contribution is -2.49. The Labute approximate surface area is 125 Å². The van der Waals surface area contributed by atoms with Crippen LogP contribution in [0.25, 0.3) is 0 Å². The van der Waals surface area contributed by atoms with Crippen molar-refractivity contribution in [3.8, 4) is 0 Å². The Balaban J connectivity index is 1.90. The molecule has 1 saturated carbocycles. The Morgan fingerprint density at radius 2 is 1.67 bits per heavy atom. The lowest BCUT2D eigenvalue weighted by molar-refractivity contribution is -0.134. The van der Waals surface area contributed by atoms with E-state index >= 15 is 0 Å². The Hall–Kier alpha value is -1.84. The molecule has 3 rings (SSSR count). The zero-order valence-corrected chi connectivity index (χ0v) is 12.5. The summed E-state index contributed by atoms with van der Waals surface area (Å²) in [4.78, 5) is 26.6. The molecule has 1 spiro atoms. The predicted octanol–water partition coefficient (Wildman–Crippen LogP) is 3.18. The van der Waals surface area contributed by atoms with Gasteiger partial charge in [0.2, 0.25) is 11.8 Å². The summed E-state index contributed by atoms with van der Waals surface area (Å²) in [5, 5.41) is 0. The largest absolute Gasteiger partial charge is 0.398 e. The standard InChI is InChI=1S/C17H22N2O2/c1-12-13(18)6-5-7-14(12)19-15(20)10-17(11-16(19)21)8-3-2-4-9-17/h5-7H,2-4,8-11,18H2,1H3. The molecular weight excluding hydrogens is 264 g/mol. The zero-order chi connectivity index (χ0) is 15.0. The number of amides is 2. The van der Waals surface area contributed by atoms with Crippen molar-refractivity contribution in [3.05, 3.63) is 23.8 Å². The van der Waals surface area contributed by atoms with Crippen LogP contribution >= 0.6 is 0 Å². The van der Waals surface area contributed by atoms with Gasteiger partial charge < -0.3 is 5.73 Å². The quantitative estimate of drug-likeness (QED) is 0.637. The molecule has 1 aliphatic carbocycles. The van der Waals surface area contributed by atoms with Gasteiger partial charge in [-0.2, -0.15) is 0 Å². The van der Waals surface area contributed by atoms with Crippen LogP contribution in [0.15, 0.2) is 18.2 Å². The van der Waals surface area contributed by atoms with Crippen LogP contribution in [0.4, 0.5) is 11.4 Å². The minimum absolute atomic E-state index is 0.0677. The highest BCUT2D eigenvalue weighted by Crippen LogP contribution is 2.46. The second-order valence-corrected chi connectivity index (χ2v) is 6.53. The normalized spacial score (nSPS) is 21.9. The Kier molecular flexibility index (Phi) is 3.47. The van der Waals surface area contributed by atoms with Gasteiger partial charge in [0.1, 0.15) is 0 Å². The van der Waals surface area contributed by atoms with Gasteiger partial charge >= 0.3 is 0 Å². The lowest BCUT2D eigenvalue weighted by Gasteiger charge is -2.42. The van der Waals surface area contributed by atoms with E-state index in [0.29, 0.717) is 24.2 Å². The minimum Gasteiger partial charge on any atom is -0.398 e. The molecule has 1 aromatic carbocycles. The van der Waals surface area contributed by atoms with Gasteiger partial charge in [-0.25, -0.2) is 0 Å². The van der Waals surface area contributed by atoms with Crippen molar-refractivity contribution in [1.29, 1.82) is 0 Å². The smallest absolute Gasteiger partial charge is 0.234 e. The maximum Gasteiger partial charge on any atom is 0.234 e. The minimum atomic E-state index is -0.0723. The Morgan fingerprint density at radius 3 is 2.29 bits per heavy atom. The third-order valence-electron chi connectivity index (χ3n) is 5.05. The van der Waals surface area contributed by atoms with Crippen LogP contribution < -0.4 is 10.6 Å². The van der Waals surface area contributed by atoms with Gasteiger partial charge in [0.05, 0.1) is 5.69 Å². The van der Waals surface area contributed by atoms with Crippen molar-refractivity contribution in [1.82, 2.24) is 0 Å². The third kappa shape index (κ3) is 2.43. The number of benzene rings is 1. The van der Waals surface area contributed by atoms with E-state index in [4.69, 9.17) is 5.73 Å². The molecule has 21 heavy (non-hydrogen) atoms. The van der Waals surface area contributed by atoms with Crippen LogP contribution in [0.2, 0.25) is 0 Å². The van der Waals surface area contributed by atoms with Crippen molar-refractivity contribution in [2.75, 3.05) is 10.6 Å². The van der Waals surface area contributed by atoms with Crippen molar-refractivity contribution in [2.45, 2.75) is 51.9 Å². The van der Waals surface area contributed by atoms with Gasteiger partial charge in [0, 0.05) is 18.5 Å². The van der Waals surface area contributed by atoms with Crippen LogP contribution in [-0.4, -0.2) is 11.8 Å². The number of imide groups is 1. The summed E-state index contributed by atoms with van der Waals surface area (Å²) in [6, 6.07) is 5.39. The summed E-state index contributed by atoms with van der Waals surface area (Å²) in [5.74, 6) is -0.135. The summed E-state index contributed by atoms with van der Waals surface area (Å²) in [6.45, 7) is 1.86. The van der Waals surface area contributed by atoms with Crippen LogP contribution in [0.1, 0.15) is 50.5 Å². The maximum absolute atomic E-state index is 12.6. The van der Waals surface area contributed by atoms with E-state index in [-0.39, 0.29) is 17.2 Å². The average molecular weight is 286 g/mol. The summed E-state index contributed by atoms with van der Waals surface area (Å²) in [6.07, 6.45) is 6.50. The van der Waals surface area contributed by atoms with E-state index in [1.807, 2.05) is 6.92 Å². The number of rotatable bonds is 1. The van der Waals surface area contributed by atoms with Crippen molar-refractivity contribution in [2.24, 2.45) is 5.41 Å². The van der Waals surface area contributed by atoms with Gasteiger partial charge in [-0.05, 0) is 42.9 Å². The van der Waals surface area contributed by atoms with Crippen molar-refractivity contribution < 1.29 is 9.59 Å². The van der Waals surface area contributed by atoms with Crippen LogP contribution in [0, 0.1) is 12.3 Å². The number of piperidine rings is 1. The highest BCUT2D eigenvalue weighted by atomic mass is 16.2. The highest BCUT2D eigenvalue weighted by molar-refractivity contribution is 6.17. The molecule has 1 saturated heterocycles. The monoisotopic (exact) mass is 286 g/mol. The van der Waals surface area contributed by atoms with Gasteiger partial charge in [-0.3, -0.25) is 14.5 Å². The molecule has 2 amide bonds. The molecule has 4 heteroatoms. The first-order chi connectivity index (χ1) is 10.0. The molecular formula is C17H22N2O2. The first-order valence-electron chi connectivity index (χ1n) is 7.73. The van der Waals surface area contributed by atoms with E-state index in [2.05, 4.69) is 0 Å². The SMILES string of the molecule is Cc1c(N)cccc1N1C(=O)CC2(CCCCC2)CC1=O. The van der Waals surface area contributed by atoms with Crippen molar-refractivity contribution >= 4 is 23.2 Å². The number of nitrogens with zero attached hydrogens (tertiary/aromatic N) is 1. The van der Waals surface area contributed by atoms with Crippen molar-refractivity contribution in [3.63, 3.8) is 0 Å². The topological polar surface area (TPSA) is 63.4 Å². The summed E-state index contributed by atoms with van der Waals surface area (Å²) in [7, 11) is 0. The highest BCUT2D eigenvalue weighted by Gasteiger charge is 2.44. The van der Waals surface area contributed by atoms with E-state index in [1.54, 1.807) is 18.2 Å². The Bertz CT molecular complexity index is 568. The molecule has 4 nitrogen and oxygen atoms in total. The average Bonchev–Trinajstić information content (AvgIpc) is 2.43. The molecule has 2 N–H and O–H groups in total. The van der Waals surface area contributed by atoms with Crippen LogP contribution in [0.5, 0.6) is 0 Å². The molecule has 0 radical (unpaired) electrons. The summed E-state index contributed by atoms with van der Waals surface area (Å²) in [5.41, 5.74) is 7.90. The fourth-order valence-electron chi connectivity index (χ4n) is 3.81.